The molecular formula is C53H76N4O5. The number of hydrogen-bond donors (Lipinski definition) is 4. The van der Waals surface area contributed by atoms with Gasteiger partial charge in [0.2, 0.25) is 0 Å². The Morgan fingerprint density at radius 3 is 2.24 bits per heavy atom. The first-order valence-electron chi connectivity index (χ1n) is 23.9. The molecule has 1 fully saturated rings. The lowest BCUT2D eigenvalue weighted by Crippen LogP contribution is -2.25. The van der Waals surface area contributed by atoms with Gasteiger partial charge in [0.1, 0.15) is 12.5 Å². The summed E-state index contributed by atoms with van der Waals surface area (Å²) in [6, 6.07) is 2.19. The van der Waals surface area contributed by atoms with Gasteiger partial charge in [-0.2, -0.15) is 0 Å². The molecule has 0 unspecified atom stereocenters. The third kappa shape index (κ3) is 10.6. The van der Waals surface area contributed by atoms with Gasteiger partial charge in [0.05, 0.1) is 12.8 Å². The van der Waals surface area contributed by atoms with Crippen molar-refractivity contribution in [3.8, 4) is 0 Å². The number of ether oxygens (including phenoxy) is 2. The van der Waals surface area contributed by atoms with Crippen molar-refractivity contribution in [1.82, 2.24) is 20.3 Å². The summed E-state index contributed by atoms with van der Waals surface area (Å²) in [5.41, 5.74) is 14.8. The summed E-state index contributed by atoms with van der Waals surface area (Å²) in [4.78, 5) is 52.4. The van der Waals surface area contributed by atoms with Gasteiger partial charge in [0.25, 0.3) is 0 Å². The number of Topliss-reactive ketones (excluding diaryl/α,β-unsaturated/α-hetero) is 1. The topological polar surface area (TPSA) is 129 Å². The van der Waals surface area contributed by atoms with Crippen molar-refractivity contribution in [2.75, 3.05) is 13.7 Å². The fraction of sp³-hybridized carbons (Fsp3) is 0.604. The smallest absolute Gasteiger partial charge is 0.321 e. The molecule has 1 saturated heterocycles. The molecule has 3 aliphatic rings. The van der Waals surface area contributed by atoms with Crippen LogP contribution in [0.5, 0.6) is 0 Å². The van der Waals surface area contributed by atoms with E-state index < -0.39 is 11.9 Å². The van der Waals surface area contributed by atoms with E-state index in [1.54, 1.807) is 0 Å². The zero-order valence-electron chi connectivity index (χ0n) is 39.8. The van der Waals surface area contributed by atoms with Crippen molar-refractivity contribution in [2.24, 2.45) is 35.5 Å². The van der Waals surface area contributed by atoms with Crippen LogP contribution in [-0.2, 0) is 38.3 Å². The Kier molecular flexibility index (Phi) is 15.7. The van der Waals surface area contributed by atoms with Gasteiger partial charge in [0.15, 0.2) is 5.78 Å². The molecule has 338 valence electrons. The maximum absolute atomic E-state index is 14.3. The monoisotopic (exact) mass is 849 g/mol. The van der Waals surface area contributed by atoms with Crippen molar-refractivity contribution in [2.45, 2.75) is 159 Å². The lowest BCUT2D eigenvalue weighted by Gasteiger charge is -2.19. The number of aryl methyl sites for hydroxylation is 1. The number of aromatic amines is 3. The number of nitrogens with one attached hydrogen (secondary N) is 4. The predicted octanol–water partition coefficient (Wildman–Crippen LogP) is 12.0. The summed E-state index contributed by atoms with van der Waals surface area (Å²) >= 11 is 0. The van der Waals surface area contributed by atoms with Gasteiger partial charge in [0, 0.05) is 82.1 Å². The van der Waals surface area contributed by atoms with Crippen LogP contribution in [0.3, 0.4) is 0 Å². The number of rotatable bonds is 19. The van der Waals surface area contributed by atoms with Crippen LogP contribution in [0.1, 0.15) is 186 Å². The first-order chi connectivity index (χ1) is 29.6. The molecule has 1 aliphatic carbocycles. The molecular weight excluding hydrogens is 773 g/mol. The van der Waals surface area contributed by atoms with Crippen molar-refractivity contribution in [3.05, 3.63) is 91.1 Å². The number of methoxy groups -OCH3 is 1. The molecule has 0 radical (unpaired) electrons. The normalized spacial score (nSPS) is 21.5. The van der Waals surface area contributed by atoms with Gasteiger partial charge in [-0.25, -0.2) is 0 Å². The van der Waals surface area contributed by atoms with E-state index in [1.165, 1.54) is 80.0 Å². The minimum atomic E-state index is -1.11. The molecule has 5 heterocycles. The maximum Gasteiger partial charge on any atom is 0.321 e. The average molecular weight is 849 g/mol. The molecule has 3 aromatic rings. The zero-order valence-corrected chi connectivity index (χ0v) is 39.8. The number of carbonyl (C=O) groups is 3. The van der Waals surface area contributed by atoms with Crippen LogP contribution in [0.15, 0.2) is 29.1 Å². The highest BCUT2D eigenvalue weighted by atomic mass is 16.5. The van der Waals surface area contributed by atoms with E-state index in [2.05, 4.69) is 101 Å². The van der Waals surface area contributed by atoms with Gasteiger partial charge in [-0.15, -0.1) is 0 Å². The Bertz CT molecular complexity index is 2190. The summed E-state index contributed by atoms with van der Waals surface area (Å²) in [5, 5.41) is 3.74. The summed E-state index contributed by atoms with van der Waals surface area (Å²) in [6.45, 7) is 22.5. The summed E-state index contributed by atoms with van der Waals surface area (Å²) in [5.74, 6) is -0.0614. The first kappa shape index (κ1) is 47.0. The molecule has 9 heteroatoms. The highest BCUT2D eigenvalue weighted by molar-refractivity contribution is 6.24. The van der Waals surface area contributed by atoms with Crippen LogP contribution >= 0.6 is 0 Å². The molecule has 8 bridgehead atoms. The quantitative estimate of drug-likeness (QED) is 0.0540. The van der Waals surface area contributed by atoms with E-state index in [9.17, 15) is 14.4 Å². The van der Waals surface area contributed by atoms with Gasteiger partial charge in [-0.05, 0) is 112 Å². The third-order valence-electron chi connectivity index (χ3n) is 14.4. The number of ketones is 1. The number of hydrogen-bond acceptors (Lipinski definition) is 6. The van der Waals surface area contributed by atoms with Gasteiger partial charge < -0.3 is 29.7 Å². The number of aromatic nitrogens is 3. The standard InChI is InChI=1S/C53H76N4O5/c1-12-39-35(8)43-29-44-36(9)40(22-23-46(58)62-25-24-33(6)21-15-20-32(5)19-14-18-31(4)17-13-16-30(2)3)50(56-44)48-49(53(60)61-11)52(59)47-37(10)42(57-51(47)48)27-38-26-34(7)41(54-38)28-45(39)55-43/h24,26,29-32,36,40,49,54-57H,12-23,25,27-28H2,1-11H3/b33-24+,44-29-,50-48-/t31-,32-,36+,40+,49-/m1/s1. The van der Waals surface area contributed by atoms with E-state index in [-0.39, 0.29) is 36.6 Å². The Labute approximate surface area is 371 Å². The molecule has 3 aromatic heterocycles. The molecule has 0 spiro atoms. The fourth-order valence-electron chi connectivity index (χ4n) is 10.4. The van der Waals surface area contributed by atoms with Crippen LogP contribution < -0.4 is 5.32 Å². The average Bonchev–Trinajstić information content (AvgIpc) is 3.98. The molecule has 0 amide bonds. The van der Waals surface area contributed by atoms with E-state index in [0.717, 1.165) is 83.2 Å². The van der Waals surface area contributed by atoms with Crippen LogP contribution in [0.2, 0.25) is 0 Å². The number of esters is 2. The highest BCUT2D eigenvalue weighted by Crippen LogP contribution is 2.48. The van der Waals surface area contributed by atoms with Crippen LogP contribution in [0.4, 0.5) is 0 Å². The fourth-order valence-corrected chi connectivity index (χ4v) is 10.4. The number of fused-ring (bicyclic) bond motifs is 7. The maximum atomic E-state index is 14.3. The first-order valence-corrected chi connectivity index (χ1v) is 23.9. The third-order valence-corrected chi connectivity index (χ3v) is 14.4. The number of carbonyl (C=O) groups excluding carboxylic acids is 3. The van der Waals surface area contributed by atoms with E-state index >= 15 is 0 Å². The largest absolute Gasteiger partial charge is 0.468 e. The molecule has 6 rings (SSSR count). The van der Waals surface area contributed by atoms with Crippen LogP contribution in [0, 0.1) is 56.3 Å². The second kappa shape index (κ2) is 20.8. The number of allylic oxidation sites excluding steroid dienone is 3. The molecule has 0 aromatic carbocycles. The molecule has 4 N–H and O–H groups in total. The van der Waals surface area contributed by atoms with Gasteiger partial charge >= 0.3 is 11.9 Å². The SMILES string of the molecule is CCc1c2[nH]c(c1C)/C=C1\N/C(=C3\c4[nH]c(c(C)c4C(=O)[C@@H]3C(=O)OC)Cc3cc(C)c([nH]3)C2)[C@@H](CCC(=O)OC/C=C(\C)CCC[C@H](C)CCC[C@H](C)CCCC(C)C)[C@@H]1C. The highest BCUT2D eigenvalue weighted by Gasteiger charge is 2.48. The summed E-state index contributed by atoms with van der Waals surface area (Å²) in [7, 11) is 1.34. The van der Waals surface area contributed by atoms with Crippen molar-refractivity contribution in [1.29, 1.82) is 0 Å². The lowest BCUT2D eigenvalue weighted by molar-refractivity contribution is -0.143. The second-order valence-electron chi connectivity index (χ2n) is 19.7. The Balaban J connectivity index is 1.17. The summed E-state index contributed by atoms with van der Waals surface area (Å²) < 4.78 is 11.1. The molecule has 2 aliphatic heterocycles. The minimum absolute atomic E-state index is 0.0411. The van der Waals surface area contributed by atoms with E-state index in [4.69, 9.17) is 9.47 Å². The Morgan fingerprint density at radius 2 is 1.56 bits per heavy atom. The van der Waals surface area contributed by atoms with Crippen LogP contribution in [-0.4, -0.2) is 46.4 Å². The van der Waals surface area contributed by atoms with Crippen molar-refractivity contribution >= 4 is 29.4 Å². The van der Waals surface area contributed by atoms with Gasteiger partial charge in [-0.1, -0.05) is 92.1 Å². The van der Waals surface area contributed by atoms with Gasteiger partial charge in [-0.3, -0.25) is 14.4 Å². The van der Waals surface area contributed by atoms with E-state index in [0.29, 0.717) is 29.7 Å². The molecule has 9 nitrogen and oxygen atoms in total. The minimum Gasteiger partial charge on any atom is -0.468 e. The lowest BCUT2D eigenvalue weighted by atomic mass is 9.85. The molecule has 5 atom stereocenters. The van der Waals surface area contributed by atoms with Crippen molar-refractivity contribution < 1.29 is 23.9 Å². The zero-order chi connectivity index (χ0) is 44.8. The van der Waals surface area contributed by atoms with Crippen LogP contribution in [0.25, 0.3) is 11.6 Å². The van der Waals surface area contributed by atoms with Crippen molar-refractivity contribution in [3.63, 3.8) is 0 Å². The molecule has 62 heavy (non-hydrogen) atoms. The van der Waals surface area contributed by atoms with E-state index in [1.807, 2.05) is 6.92 Å². The second-order valence-corrected chi connectivity index (χ2v) is 19.7. The summed E-state index contributed by atoms with van der Waals surface area (Å²) in [6.07, 6.45) is 18.6. The Hall–Kier alpha value is -4.53. The molecule has 0 saturated carbocycles. The predicted molar refractivity (Wildman–Crippen MR) is 251 cm³/mol. The number of H-pyrrole nitrogens is 3. The Morgan fingerprint density at radius 1 is 0.871 bits per heavy atom.